The molecule has 0 saturated heterocycles. The average molecular weight is 498 g/mol. The summed E-state index contributed by atoms with van der Waals surface area (Å²) in [5.41, 5.74) is 4.17. The van der Waals surface area contributed by atoms with Gasteiger partial charge in [-0.05, 0) is 76.1 Å². The van der Waals surface area contributed by atoms with Gasteiger partial charge in [-0.25, -0.2) is 14.4 Å². The minimum atomic E-state index is -1.20. The lowest BCUT2D eigenvalue weighted by Crippen LogP contribution is -2.22. The number of hydrogen-bond acceptors (Lipinski definition) is 5. The molecule has 0 aliphatic rings. The van der Waals surface area contributed by atoms with Crippen LogP contribution in [0.2, 0.25) is 0 Å². The van der Waals surface area contributed by atoms with E-state index in [1.807, 2.05) is 49.7 Å². The molecule has 7 nitrogen and oxygen atoms in total. The second-order valence-electron chi connectivity index (χ2n) is 9.94. The molecule has 37 heavy (non-hydrogen) atoms. The molecule has 188 valence electrons. The van der Waals surface area contributed by atoms with Crippen molar-refractivity contribution < 1.29 is 9.50 Å². The lowest BCUT2D eigenvalue weighted by atomic mass is 10.1. The van der Waals surface area contributed by atoms with E-state index in [0.29, 0.717) is 34.6 Å². The van der Waals surface area contributed by atoms with Gasteiger partial charge >= 0.3 is 0 Å². The van der Waals surface area contributed by atoms with Crippen molar-refractivity contribution in [2.75, 3.05) is 0 Å². The molecule has 4 aromatic heterocycles. The van der Waals surface area contributed by atoms with E-state index in [4.69, 9.17) is 0 Å². The number of aromatic nitrogens is 5. The first kappa shape index (κ1) is 24.5. The van der Waals surface area contributed by atoms with Gasteiger partial charge in [-0.2, -0.15) is 0 Å². The Morgan fingerprint density at radius 2 is 1.78 bits per heavy atom. The van der Waals surface area contributed by atoms with Gasteiger partial charge < -0.3 is 9.67 Å². The molecule has 0 aliphatic heterocycles. The van der Waals surface area contributed by atoms with Gasteiger partial charge in [-0.1, -0.05) is 12.1 Å². The Bertz CT molecular complexity index is 1710. The van der Waals surface area contributed by atoms with E-state index < -0.39 is 5.60 Å². The van der Waals surface area contributed by atoms with Crippen molar-refractivity contribution in [1.29, 1.82) is 0 Å². The van der Waals surface area contributed by atoms with E-state index in [-0.39, 0.29) is 17.2 Å². The highest BCUT2D eigenvalue weighted by Gasteiger charge is 2.21. The maximum absolute atomic E-state index is 14.5. The molecule has 0 spiro atoms. The lowest BCUT2D eigenvalue weighted by molar-refractivity contribution is 0.0688. The Morgan fingerprint density at radius 1 is 1.00 bits per heavy atom. The Morgan fingerprint density at radius 3 is 2.51 bits per heavy atom. The summed E-state index contributed by atoms with van der Waals surface area (Å²) in [6.07, 6.45) is 5.11. The second kappa shape index (κ2) is 9.05. The summed E-state index contributed by atoms with van der Waals surface area (Å²) in [6.45, 7) is 9.20. The summed E-state index contributed by atoms with van der Waals surface area (Å²) >= 11 is 0. The fraction of sp³-hybridized carbons (Fsp3) is 0.241. The van der Waals surface area contributed by atoms with Gasteiger partial charge in [0.25, 0.3) is 5.56 Å². The Labute approximate surface area is 213 Å². The molecule has 4 heterocycles. The standard InChI is InChI=1S/C29H28FN5O2/c1-17-6-7-20(22(30)12-17)16-34-11-9-21-26(34)13-19(3)35(27(21)36)25-14-24(32-15-18(25)2)23-8-10-31-28(33-23)29(4,5)37/h6-15,37H,16H2,1-5H3. The molecule has 0 radical (unpaired) electrons. The molecule has 0 unspecified atom stereocenters. The van der Waals surface area contributed by atoms with Crippen LogP contribution in [0.15, 0.2) is 65.8 Å². The maximum atomic E-state index is 14.5. The number of benzene rings is 1. The second-order valence-corrected chi connectivity index (χ2v) is 9.94. The molecule has 0 atom stereocenters. The number of aryl methyl sites for hydroxylation is 3. The van der Waals surface area contributed by atoms with Crippen LogP contribution < -0.4 is 5.56 Å². The van der Waals surface area contributed by atoms with Crippen molar-refractivity contribution >= 4 is 10.9 Å². The highest BCUT2D eigenvalue weighted by Crippen LogP contribution is 2.25. The topological polar surface area (TPSA) is 85.8 Å². The summed E-state index contributed by atoms with van der Waals surface area (Å²) in [7, 11) is 0. The maximum Gasteiger partial charge on any atom is 0.264 e. The Hall–Kier alpha value is -4.17. The van der Waals surface area contributed by atoms with Gasteiger partial charge in [0, 0.05) is 29.8 Å². The van der Waals surface area contributed by atoms with Crippen LogP contribution in [0.4, 0.5) is 4.39 Å². The van der Waals surface area contributed by atoms with E-state index >= 15 is 0 Å². The van der Waals surface area contributed by atoms with Crippen molar-refractivity contribution in [3.8, 4) is 17.1 Å². The zero-order chi connectivity index (χ0) is 26.5. The van der Waals surface area contributed by atoms with E-state index in [2.05, 4.69) is 15.0 Å². The minimum Gasteiger partial charge on any atom is -0.382 e. The summed E-state index contributed by atoms with van der Waals surface area (Å²) in [5, 5.41) is 10.9. The van der Waals surface area contributed by atoms with Crippen LogP contribution in [0.5, 0.6) is 0 Å². The Balaban J connectivity index is 1.60. The van der Waals surface area contributed by atoms with E-state index in [1.54, 1.807) is 49.0 Å². The number of nitrogens with zero attached hydrogens (tertiary/aromatic N) is 5. The third kappa shape index (κ3) is 4.56. The van der Waals surface area contributed by atoms with Crippen molar-refractivity contribution in [2.45, 2.75) is 46.8 Å². The number of hydrogen-bond donors (Lipinski definition) is 1. The Kier molecular flexibility index (Phi) is 6.00. The first-order chi connectivity index (χ1) is 17.5. The molecule has 0 fully saturated rings. The first-order valence-corrected chi connectivity index (χ1v) is 12.0. The van der Waals surface area contributed by atoms with Gasteiger partial charge in [-0.15, -0.1) is 0 Å². The highest BCUT2D eigenvalue weighted by molar-refractivity contribution is 5.80. The summed E-state index contributed by atoms with van der Waals surface area (Å²) in [4.78, 5) is 26.9. The van der Waals surface area contributed by atoms with E-state index in [9.17, 15) is 14.3 Å². The smallest absolute Gasteiger partial charge is 0.264 e. The molecule has 0 aliphatic carbocycles. The quantitative estimate of drug-likeness (QED) is 0.370. The molecule has 1 N–H and O–H groups in total. The minimum absolute atomic E-state index is 0.168. The predicted octanol–water partition coefficient (Wildman–Crippen LogP) is 4.98. The first-order valence-electron chi connectivity index (χ1n) is 12.0. The van der Waals surface area contributed by atoms with Crippen molar-refractivity contribution in [1.82, 2.24) is 24.1 Å². The summed E-state index contributed by atoms with van der Waals surface area (Å²) < 4.78 is 18.0. The molecule has 5 rings (SSSR count). The van der Waals surface area contributed by atoms with E-state index in [0.717, 1.165) is 22.3 Å². The third-order valence-corrected chi connectivity index (χ3v) is 6.47. The number of rotatable bonds is 5. The number of fused-ring (bicyclic) bond motifs is 1. The summed E-state index contributed by atoms with van der Waals surface area (Å²) in [6, 6.07) is 12.4. The van der Waals surface area contributed by atoms with Crippen LogP contribution in [0, 0.1) is 26.6 Å². The van der Waals surface area contributed by atoms with Crippen molar-refractivity contribution in [3.05, 3.63) is 105 Å². The largest absolute Gasteiger partial charge is 0.382 e. The molecule has 1 aromatic carbocycles. The van der Waals surface area contributed by atoms with Gasteiger partial charge in [0.1, 0.15) is 11.4 Å². The molecular weight excluding hydrogens is 469 g/mol. The predicted molar refractivity (Wildman–Crippen MR) is 141 cm³/mol. The SMILES string of the molecule is Cc1ccc(Cn2ccc3c(=O)n(-c4cc(-c5ccnc(C(C)(C)O)n5)ncc4C)c(C)cc32)c(F)c1. The van der Waals surface area contributed by atoms with Gasteiger partial charge in [0.2, 0.25) is 0 Å². The van der Waals surface area contributed by atoms with E-state index in [1.165, 1.54) is 6.07 Å². The highest BCUT2D eigenvalue weighted by atomic mass is 19.1. The number of halogens is 1. The third-order valence-electron chi connectivity index (χ3n) is 6.47. The van der Waals surface area contributed by atoms with Gasteiger partial charge in [-0.3, -0.25) is 14.3 Å². The zero-order valence-electron chi connectivity index (χ0n) is 21.5. The zero-order valence-corrected chi connectivity index (χ0v) is 21.5. The molecular formula is C29H28FN5O2. The average Bonchev–Trinajstić information content (AvgIpc) is 3.24. The van der Waals surface area contributed by atoms with Crippen LogP contribution in [0.25, 0.3) is 28.0 Å². The molecule has 5 aromatic rings. The molecule has 0 bridgehead atoms. The van der Waals surface area contributed by atoms with Crippen LogP contribution in [-0.4, -0.2) is 29.2 Å². The van der Waals surface area contributed by atoms with Crippen LogP contribution in [0.3, 0.4) is 0 Å². The van der Waals surface area contributed by atoms with Gasteiger partial charge in [0.05, 0.1) is 34.5 Å². The normalized spacial score (nSPS) is 11.9. The van der Waals surface area contributed by atoms with Crippen LogP contribution in [0.1, 0.15) is 42.1 Å². The van der Waals surface area contributed by atoms with Crippen molar-refractivity contribution in [3.63, 3.8) is 0 Å². The van der Waals surface area contributed by atoms with Crippen molar-refractivity contribution in [2.24, 2.45) is 0 Å². The summed E-state index contributed by atoms with van der Waals surface area (Å²) in [5.74, 6) is 0.0272. The van der Waals surface area contributed by atoms with Crippen LogP contribution >= 0.6 is 0 Å². The number of pyridine rings is 2. The number of aliphatic hydroxyl groups is 1. The lowest BCUT2D eigenvalue weighted by Gasteiger charge is -2.17. The van der Waals surface area contributed by atoms with Gasteiger partial charge in [0.15, 0.2) is 5.82 Å². The monoisotopic (exact) mass is 497 g/mol. The van der Waals surface area contributed by atoms with Crippen LogP contribution in [-0.2, 0) is 12.1 Å². The fourth-order valence-electron chi connectivity index (χ4n) is 4.46. The molecule has 8 heteroatoms. The fourth-order valence-corrected chi connectivity index (χ4v) is 4.46. The molecule has 0 saturated carbocycles. The molecule has 0 amide bonds.